The van der Waals surface area contributed by atoms with Gasteiger partial charge >= 0.3 is 12.1 Å². The number of rotatable bonds is 2. The van der Waals surface area contributed by atoms with E-state index in [0.717, 1.165) is 17.4 Å². The van der Waals surface area contributed by atoms with E-state index in [1.807, 2.05) is 0 Å². The minimum Gasteiger partial charge on any atom is -0.462 e. The lowest BCUT2D eigenvalue weighted by Gasteiger charge is -2.08. The van der Waals surface area contributed by atoms with Crippen LogP contribution in [0.1, 0.15) is 22.2 Å². The van der Waals surface area contributed by atoms with Crippen LogP contribution in [0.4, 0.5) is 18.9 Å². The van der Waals surface area contributed by atoms with Crippen molar-refractivity contribution >= 4 is 33.1 Å². The molecule has 1 aromatic heterocycles. The number of hydrogen-bond acceptors (Lipinski definition) is 4. The molecule has 0 atom stereocenters. The fourth-order valence-corrected chi connectivity index (χ4v) is 2.80. The minimum atomic E-state index is -4.51. The van der Waals surface area contributed by atoms with Crippen LogP contribution in [-0.2, 0) is 10.9 Å². The summed E-state index contributed by atoms with van der Waals surface area (Å²) in [7, 11) is 0. The van der Waals surface area contributed by atoms with Crippen molar-refractivity contribution < 1.29 is 22.7 Å². The van der Waals surface area contributed by atoms with Crippen LogP contribution in [0.25, 0.3) is 10.1 Å². The predicted octanol–water partition coefficient (Wildman–Crippen LogP) is 3.68. The number of fused-ring (bicyclic) bond motifs is 1. The van der Waals surface area contributed by atoms with Crippen molar-refractivity contribution in [3.8, 4) is 0 Å². The van der Waals surface area contributed by atoms with Crippen LogP contribution in [0.5, 0.6) is 0 Å². The van der Waals surface area contributed by atoms with E-state index in [2.05, 4.69) is 0 Å². The smallest absolute Gasteiger partial charge is 0.417 e. The van der Waals surface area contributed by atoms with E-state index in [1.165, 1.54) is 12.1 Å². The Balaban J connectivity index is 2.68. The molecular formula is C12H10F3NO2S. The van der Waals surface area contributed by atoms with Crippen LogP contribution in [-0.4, -0.2) is 12.6 Å². The van der Waals surface area contributed by atoms with Crippen molar-refractivity contribution in [2.24, 2.45) is 0 Å². The third kappa shape index (κ3) is 2.37. The number of halogens is 3. The summed E-state index contributed by atoms with van der Waals surface area (Å²) in [6.45, 7) is 1.75. The number of thiophene rings is 1. The molecule has 0 bridgehead atoms. The molecule has 0 spiro atoms. The number of esters is 1. The molecule has 0 aliphatic rings. The van der Waals surface area contributed by atoms with Gasteiger partial charge in [-0.3, -0.25) is 0 Å². The molecule has 2 N–H and O–H groups in total. The van der Waals surface area contributed by atoms with Crippen LogP contribution in [0, 0.1) is 0 Å². The maximum atomic E-state index is 12.9. The average molecular weight is 289 g/mol. The Labute approximate surface area is 110 Å². The number of benzene rings is 1. The van der Waals surface area contributed by atoms with E-state index in [4.69, 9.17) is 10.5 Å². The second-order valence-corrected chi connectivity index (χ2v) is 4.79. The molecule has 1 aromatic carbocycles. The lowest BCUT2D eigenvalue weighted by atomic mass is 10.1. The highest BCUT2D eigenvalue weighted by atomic mass is 32.1. The first-order valence-electron chi connectivity index (χ1n) is 5.41. The first kappa shape index (κ1) is 13.7. The largest absolute Gasteiger partial charge is 0.462 e. The van der Waals surface area contributed by atoms with Crippen molar-refractivity contribution in [2.45, 2.75) is 13.1 Å². The molecule has 0 aliphatic heterocycles. The highest BCUT2D eigenvalue weighted by Crippen LogP contribution is 2.42. The van der Waals surface area contributed by atoms with Crippen LogP contribution < -0.4 is 5.73 Å². The van der Waals surface area contributed by atoms with Crippen LogP contribution in [0.3, 0.4) is 0 Å². The summed E-state index contributed by atoms with van der Waals surface area (Å²) in [6, 6.07) is 3.73. The fourth-order valence-electron chi connectivity index (χ4n) is 1.76. The number of anilines is 1. The topological polar surface area (TPSA) is 52.3 Å². The molecule has 1 heterocycles. The molecule has 102 valence electrons. The monoisotopic (exact) mass is 289 g/mol. The summed E-state index contributed by atoms with van der Waals surface area (Å²) in [5.41, 5.74) is 4.66. The van der Waals surface area contributed by atoms with E-state index in [1.54, 1.807) is 6.92 Å². The van der Waals surface area contributed by atoms with Gasteiger partial charge in [-0.25, -0.2) is 4.79 Å². The number of carbonyl (C=O) groups excluding carboxylic acids is 1. The lowest BCUT2D eigenvalue weighted by molar-refractivity contribution is -0.136. The first-order valence-corrected chi connectivity index (χ1v) is 6.23. The van der Waals surface area contributed by atoms with Crippen LogP contribution >= 0.6 is 11.3 Å². The van der Waals surface area contributed by atoms with Gasteiger partial charge in [0.25, 0.3) is 0 Å². The molecular weight excluding hydrogens is 279 g/mol. The van der Waals surface area contributed by atoms with Crippen molar-refractivity contribution in [1.82, 2.24) is 0 Å². The zero-order valence-electron chi connectivity index (χ0n) is 9.88. The normalized spacial score (nSPS) is 11.8. The molecule has 0 aliphatic carbocycles. The van der Waals surface area contributed by atoms with Gasteiger partial charge in [-0.1, -0.05) is 6.07 Å². The Morgan fingerprint density at radius 2 is 2.11 bits per heavy atom. The van der Waals surface area contributed by atoms with Gasteiger partial charge in [-0.15, -0.1) is 11.3 Å². The second-order valence-electron chi connectivity index (χ2n) is 3.74. The molecule has 3 nitrogen and oxygen atoms in total. The van der Waals surface area contributed by atoms with Crippen molar-refractivity contribution in [3.05, 3.63) is 28.6 Å². The highest BCUT2D eigenvalue weighted by Gasteiger charge is 2.34. The van der Waals surface area contributed by atoms with Crippen molar-refractivity contribution in [3.63, 3.8) is 0 Å². The van der Waals surface area contributed by atoms with Gasteiger partial charge < -0.3 is 10.5 Å². The molecule has 0 saturated carbocycles. The number of nitrogen functional groups attached to an aromatic ring is 1. The molecule has 7 heteroatoms. The zero-order chi connectivity index (χ0) is 14.2. The number of carbonyl (C=O) groups is 1. The lowest BCUT2D eigenvalue weighted by Crippen LogP contribution is -2.07. The van der Waals surface area contributed by atoms with E-state index in [0.29, 0.717) is 4.70 Å². The SMILES string of the molecule is CCOC(=O)c1sc2cccc(C(F)(F)F)c2c1N. The number of hydrogen-bond donors (Lipinski definition) is 1. The number of nitrogens with two attached hydrogens (primary N) is 1. The van der Waals surface area contributed by atoms with Crippen LogP contribution in [0.2, 0.25) is 0 Å². The first-order chi connectivity index (χ1) is 8.86. The number of alkyl halides is 3. The van der Waals surface area contributed by atoms with Gasteiger partial charge in [0.1, 0.15) is 4.88 Å². The fraction of sp³-hybridized carbons (Fsp3) is 0.250. The van der Waals surface area contributed by atoms with Crippen molar-refractivity contribution in [1.29, 1.82) is 0 Å². The van der Waals surface area contributed by atoms with Gasteiger partial charge in [0, 0.05) is 10.1 Å². The van der Waals surface area contributed by atoms with Gasteiger partial charge in [0.2, 0.25) is 0 Å². The summed E-state index contributed by atoms with van der Waals surface area (Å²) in [5.74, 6) is -0.700. The van der Waals surface area contributed by atoms with Crippen LogP contribution in [0.15, 0.2) is 18.2 Å². The maximum absolute atomic E-state index is 12.9. The summed E-state index contributed by atoms with van der Waals surface area (Å²) in [6.07, 6.45) is -4.51. The van der Waals surface area contributed by atoms with Gasteiger partial charge in [-0.05, 0) is 19.1 Å². The third-order valence-electron chi connectivity index (χ3n) is 2.52. The van der Waals surface area contributed by atoms with Gasteiger partial charge in [0.15, 0.2) is 0 Å². The van der Waals surface area contributed by atoms with E-state index in [-0.39, 0.29) is 22.6 Å². The summed E-state index contributed by atoms with van der Waals surface area (Å²) >= 11 is 0.903. The van der Waals surface area contributed by atoms with Gasteiger partial charge in [-0.2, -0.15) is 13.2 Å². The number of ether oxygens (including phenoxy) is 1. The van der Waals surface area contributed by atoms with E-state index in [9.17, 15) is 18.0 Å². The van der Waals surface area contributed by atoms with E-state index < -0.39 is 17.7 Å². The van der Waals surface area contributed by atoms with Gasteiger partial charge in [0.05, 0.1) is 17.9 Å². The average Bonchev–Trinajstić information content (AvgIpc) is 2.66. The Morgan fingerprint density at radius 3 is 2.68 bits per heavy atom. The summed E-state index contributed by atoms with van der Waals surface area (Å²) in [4.78, 5) is 11.6. The Kier molecular flexibility index (Phi) is 3.40. The molecule has 0 saturated heterocycles. The highest BCUT2D eigenvalue weighted by molar-refractivity contribution is 7.21. The summed E-state index contributed by atoms with van der Waals surface area (Å²) in [5, 5.41) is -0.136. The zero-order valence-corrected chi connectivity index (χ0v) is 10.7. The Hall–Kier alpha value is -1.76. The van der Waals surface area contributed by atoms with Crippen molar-refractivity contribution in [2.75, 3.05) is 12.3 Å². The second kappa shape index (κ2) is 4.73. The van der Waals surface area contributed by atoms with E-state index >= 15 is 0 Å². The standard InChI is InChI=1S/C12H10F3NO2S/c1-2-18-11(17)10-9(16)8-6(12(13,14)15)4-3-5-7(8)19-10/h3-5H,2,16H2,1H3. The molecule has 0 amide bonds. The molecule has 2 aromatic rings. The third-order valence-corrected chi connectivity index (χ3v) is 3.67. The Morgan fingerprint density at radius 1 is 1.42 bits per heavy atom. The minimum absolute atomic E-state index is 0.00792. The molecule has 2 rings (SSSR count). The maximum Gasteiger partial charge on any atom is 0.417 e. The molecule has 0 unspecified atom stereocenters. The Bertz CT molecular complexity index is 634. The molecule has 0 fully saturated rings. The summed E-state index contributed by atoms with van der Waals surface area (Å²) < 4.78 is 43.8. The predicted molar refractivity (Wildman–Crippen MR) is 67.2 cm³/mol. The molecule has 0 radical (unpaired) electrons. The quantitative estimate of drug-likeness (QED) is 0.858. The molecule has 19 heavy (non-hydrogen) atoms.